The zero-order valence-corrected chi connectivity index (χ0v) is 20.9. The summed E-state index contributed by atoms with van der Waals surface area (Å²) in [6, 6.07) is 9.31. The average Bonchev–Trinajstić information content (AvgIpc) is 3.24. The molecule has 2 amide bonds. The minimum atomic E-state index is -0.709. The van der Waals surface area contributed by atoms with Crippen molar-refractivity contribution in [1.82, 2.24) is 4.98 Å². The summed E-state index contributed by atoms with van der Waals surface area (Å²) in [5.41, 5.74) is 0.443. The highest BCUT2D eigenvalue weighted by atomic mass is 32.1. The Morgan fingerprint density at radius 1 is 1.29 bits per heavy atom. The van der Waals surface area contributed by atoms with Gasteiger partial charge in [0.1, 0.15) is 6.61 Å². The van der Waals surface area contributed by atoms with Gasteiger partial charge in [0.25, 0.3) is 0 Å². The van der Waals surface area contributed by atoms with Gasteiger partial charge < -0.3 is 20.3 Å². The normalized spacial score (nSPS) is 29.4. The minimum absolute atomic E-state index is 0.0632. The van der Waals surface area contributed by atoms with Crippen molar-refractivity contribution in [3.63, 3.8) is 0 Å². The number of hydrogen-bond acceptors (Lipinski definition) is 7. The Morgan fingerprint density at radius 3 is 2.71 bits per heavy atom. The van der Waals surface area contributed by atoms with Crippen LogP contribution in [0.3, 0.4) is 0 Å². The zero-order chi connectivity index (χ0) is 25.2. The predicted molar refractivity (Wildman–Crippen MR) is 135 cm³/mol. The second-order valence-corrected chi connectivity index (χ2v) is 11.1. The van der Waals surface area contributed by atoms with Crippen molar-refractivity contribution >= 4 is 34.2 Å². The lowest BCUT2D eigenvalue weighted by atomic mass is 9.47. The number of fused-ring (bicyclic) bond motifs is 2. The number of anilines is 2. The molecule has 2 aliphatic rings. The quantitative estimate of drug-likeness (QED) is 0.421. The third-order valence-corrected chi connectivity index (χ3v) is 8.89. The van der Waals surface area contributed by atoms with Crippen LogP contribution in [0.5, 0.6) is 0 Å². The lowest BCUT2D eigenvalue weighted by Crippen LogP contribution is -2.57. The summed E-state index contributed by atoms with van der Waals surface area (Å²) in [7, 11) is 0. The van der Waals surface area contributed by atoms with Crippen molar-refractivity contribution in [3.05, 3.63) is 53.6 Å². The maximum atomic E-state index is 13.2. The number of benzene rings is 1. The van der Waals surface area contributed by atoms with E-state index in [1.54, 1.807) is 0 Å². The van der Waals surface area contributed by atoms with Crippen LogP contribution in [-0.2, 0) is 16.0 Å². The van der Waals surface area contributed by atoms with E-state index in [1.165, 1.54) is 17.4 Å². The Kier molecular flexibility index (Phi) is 7.30. The van der Waals surface area contributed by atoms with Gasteiger partial charge in [0.15, 0.2) is 5.13 Å². The first-order valence-corrected chi connectivity index (χ1v) is 12.7. The molecule has 5 atom stereocenters. The van der Waals surface area contributed by atoms with Crippen LogP contribution in [0.4, 0.5) is 15.6 Å². The average molecular weight is 500 g/mol. The van der Waals surface area contributed by atoms with E-state index in [1.807, 2.05) is 37.3 Å². The van der Waals surface area contributed by atoms with E-state index in [0.29, 0.717) is 24.4 Å². The number of aliphatic hydroxyl groups is 2. The number of para-hydroxylation sites is 1. The van der Waals surface area contributed by atoms with Crippen LogP contribution in [0.25, 0.3) is 0 Å². The molecule has 188 valence electrons. The second-order valence-electron chi connectivity index (χ2n) is 9.99. The first kappa shape index (κ1) is 25.3. The number of amides is 2. The highest BCUT2D eigenvalue weighted by molar-refractivity contribution is 7.15. The number of ether oxygens (including phenoxy) is 1. The highest BCUT2D eigenvalue weighted by Gasteiger charge is 2.59. The van der Waals surface area contributed by atoms with E-state index in [4.69, 9.17) is 9.72 Å². The monoisotopic (exact) mass is 499 g/mol. The fourth-order valence-corrected chi connectivity index (χ4v) is 6.93. The fourth-order valence-electron chi connectivity index (χ4n) is 5.88. The van der Waals surface area contributed by atoms with Crippen molar-refractivity contribution in [2.24, 2.45) is 16.7 Å². The number of nitrogens with one attached hydrogen (secondary N) is 2. The fraction of sp³-hybridized carbons (Fsp3) is 0.500. The lowest BCUT2D eigenvalue weighted by Gasteiger charge is -2.58. The molecule has 2 aliphatic carbocycles. The van der Waals surface area contributed by atoms with Crippen LogP contribution in [0, 0.1) is 16.7 Å². The van der Waals surface area contributed by atoms with Crippen LogP contribution in [0.15, 0.2) is 43.0 Å². The van der Waals surface area contributed by atoms with Gasteiger partial charge in [-0.1, -0.05) is 44.7 Å². The van der Waals surface area contributed by atoms with Crippen LogP contribution in [0.2, 0.25) is 0 Å². The van der Waals surface area contributed by atoms with E-state index in [9.17, 15) is 19.8 Å². The van der Waals surface area contributed by atoms with Gasteiger partial charge >= 0.3 is 6.09 Å². The van der Waals surface area contributed by atoms with Crippen molar-refractivity contribution in [2.75, 3.05) is 23.8 Å². The molecule has 0 aliphatic heterocycles. The molecule has 8 nitrogen and oxygen atoms in total. The number of thiazole rings is 1. The molecule has 0 unspecified atom stereocenters. The molecule has 0 radical (unpaired) electrons. The minimum Gasteiger partial charge on any atom is -0.445 e. The topological polar surface area (TPSA) is 121 Å². The van der Waals surface area contributed by atoms with Gasteiger partial charge in [-0.05, 0) is 42.7 Å². The van der Waals surface area contributed by atoms with Crippen molar-refractivity contribution < 1.29 is 24.5 Å². The Hall–Kier alpha value is -2.75. The number of aliphatic hydroxyl groups excluding tert-OH is 2. The molecule has 4 rings (SSSR count). The number of carbonyl (C=O) groups excluding carboxylic acids is 2. The smallest absolute Gasteiger partial charge is 0.413 e. The largest absolute Gasteiger partial charge is 0.445 e. The number of hydrogen-bond donors (Lipinski definition) is 4. The van der Waals surface area contributed by atoms with Gasteiger partial charge in [-0.2, -0.15) is 0 Å². The number of rotatable bonds is 7. The summed E-state index contributed by atoms with van der Waals surface area (Å²) in [5.74, 6) is -0.431. The molecule has 1 fully saturated rings. The van der Waals surface area contributed by atoms with E-state index in [2.05, 4.69) is 24.1 Å². The molecule has 4 N–H and O–H groups in total. The second kappa shape index (κ2) is 10.1. The maximum absolute atomic E-state index is 13.2. The van der Waals surface area contributed by atoms with Crippen molar-refractivity contribution in [1.29, 1.82) is 0 Å². The van der Waals surface area contributed by atoms with E-state index >= 15 is 0 Å². The van der Waals surface area contributed by atoms with Crippen LogP contribution >= 0.6 is 11.3 Å². The van der Waals surface area contributed by atoms with E-state index in [0.717, 1.165) is 16.3 Å². The molecule has 1 aromatic carbocycles. The molecular formula is C26H33N3O5S. The molecular weight excluding hydrogens is 466 g/mol. The lowest BCUT2D eigenvalue weighted by molar-refractivity contribution is -0.143. The molecule has 1 aromatic heterocycles. The SMILES string of the molecule is C=CCOC(=O)Nc1nc2c(s1)C[C@@H]1[C@](C)(CO)[C@H](O)CC[C@@]1(C)[C@@H]2CC(=O)Nc1ccccc1. The van der Waals surface area contributed by atoms with E-state index < -0.39 is 17.6 Å². The Morgan fingerprint density at radius 2 is 2.03 bits per heavy atom. The van der Waals surface area contributed by atoms with Crippen LogP contribution < -0.4 is 10.6 Å². The summed E-state index contributed by atoms with van der Waals surface area (Å²) < 4.78 is 5.03. The standard InChI is InChI=1S/C26H33N3O5S/c1-4-12-34-24(33)29-23-28-22-17(13-21(32)27-16-8-6-5-7-9-16)25(2)11-10-20(31)26(3,15-30)19(25)14-18(22)35-23/h4-9,17,19-20,30-31H,1,10-15H2,2-3H3,(H,27,32)(H,28,29,33)/t17-,19+,20-,25+,26+/m1/s1. The third kappa shape index (κ3) is 4.85. The summed E-state index contributed by atoms with van der Waals surface area (Å²) in [5, 5.41) is 27.3. The van der Waals surface area contributed by atoms with Gasteiger partial charge in [0.05, 0.1) is 18.4 Å². The zero-order valence-electron chi connectivity index (χ0n) is 20.1. The molecule has 1 saturated carbocycles. The summed E-state index contributed by atoms with van der Waals surface area (Å²) in [6.45, 7) is 7.55. The van der Waals surface area contributed by atoms with Gasteiger partial charge in [-0.25, -0.2) is 9.78 Å². The van der Waals surface area contributed by atoms with Crippen molar-refractivity contribution in [2.45, 2.75) is 51.6 Å². The van der Waals surface area contributed by atoms with Crippen molar-refractivity contribution in [3.8, 4) is 0 Å². The highest BCUT2D eigenvalue weighted by Crippen LogP contribution is 2.62. The number of nitrogens with zero attached hydrogens (tertiary/aromatic N) is 1. The molecule has 0 saturated heterocycles. The van der Waals surface area contributed by atoms with E-state index in [-0.39, 0.29) is 42.8 Å². The predicted octanol–water partition coefficient (Wildman–Crippen LogP) is 4.32. The molecule has 2 aromatic rings. The van der Waals surface area contributed by atoms with Gasteiger partial charge in [0.2, 0.25) is 5.91 Å². The number of aromatic nitrogens is 1. The Labute approximate surface area is 209 Å². The third-order valence-electron chi connectivity index (χ3n) is 7.88. The molecule has 0 spiro atoms. The van der Waals surface area contributed by atoms with Gasteiger partial charge in [-0.15, -0.1) is 11.3 Å². The summed E-state index contributed by atoms with van der Waals surface area (Å²) in [6.07, 6.45) is 2.30. The number of carbonyl (C=O) groups is 2. The first-order chi connectivity index (χ1) is 16.7. The Bertz CT molecular complexity index is 1090. The molecule has 9 heteroatoms. The first-order valence-electron chi connectivity index (χ1n) is 11.9. The van der Waals surface area contributed by atoms with Gasteiger partial charge in [-0.3, -0.25) is 10.1 Å². The molecule has 0 bridgehead atoms. The Balaban J connectivity index is 1.68. The summed E-state index contributed by atoms with van der Waals surface area (Å²) >= 11 is 1.35. The molecule has 1 heterocycles. The van der Waals surface area contributed by atoms with Crippen LogP contribution in [0.1, 0.15) is 49.6 Å². The maximum Gasteiger partial charge on any atom is 0.413 e. The van der Waals surface area contributed by atoms with Crippen LogP contribution in [-0.4, -0.2) is 46.5 Å². The summed E-state index contributed by atoms with van der Waals surface area (Å²) in [4.78, 5) is 31.0. The molecule has 35 heavy (non-hydrogen) atoms. The van der Waals surface area contributed by atoms with Gasteiger partial charge in [0, 0.05) is 28.3 Å².